The number of carbonyl (C=O) groups excluding carboxylic acids is 1. The predicted molar refractivity (Wildman–Crippen MR) is 62.7 cm³/mol. The van der Waals surface area contributed by atoms with Gasteiger partial charge in [0.25, 0.3) is 14.3 Å². The molecule has 0 spiro atoms. The monoisotopic (exact) mass is 216 g/mol. The largest absolute Gasteiger partial charge is 0.519 e. The van der Waals surface area contributed by atoms with E-state index in [2.05, 4.69) is 20.8 Å². The molecule has 0 radical (unpaired) electrons. The maximum Gasteiger partial charge on any atom is 0.292 e. The van der Waals surface area contributed by atoms with Crippen LogP contribution in [0.5, 0.6) is 0 Å². The summed E-state index contributed by atoms with van der Waals surface area (Å²) in [6, 6.07) is 3.14. The van der Waals surface area contributed by atoms with E-state index >= 15 is 0 Å². The van der Waals surface area contributed by atoms with E-state index in [0.29, 0.717) is 12.3 Å². The van der Waals surface area contributed by atoms with Gasteiger partial charge < -0.3 is 4.43 Å². The fraction of sp³-hybridized carbons (Fsp3) is 0.909. The lowest BCUT2D eigenvalue weighted by Gasteiger charge is -2.27. The van der Waals surface area contributed by atoms with E-state index in [-0.39, 0.29) is 5.97 Å². The van der Waals surface area contributed by atoms with Gasteiger partial charge in [0.2, 0.25) is 0 Å². The molecule has 0 atom stereocenters. The Bertz CT molecular complexity index is 166. The van der Waals surface area contributed by atoms with E-state index in [1.807, 2.05) is 13.8 Å². The van der Waals surface area contributed by atoms with Crippen LogP contribution in [0.25, 0.3) is 0 Å². The van der Waals surface area contributed by atoms with Gasteiger partial charge >= 0.3 is 0 Å². The van der Waals surface area contributed by atoms with Crippen molar-refractivity contribution in [1.29, 1.82) is 0 Å². The first kappa shape index (κ1) is 13.7. The second-order valence-corrected chi connectivity index (χ2v) is 9.01. The molecular weight excluding hydrogens is 192 g/mol. The quantitative estimate of drug-likeness (QED) is 0.634. The highest BCUT2D eigenvalue weighted by atomic mass is 28.4. The maximum atomic E-state index is 11.6. The molecule has 0 rings (SSSR count). The van der Waals surface area contributed by atoms with Gasteiger partial charge in [-0.15, -0.1) is 0 Å². The van der Waals surface area contributed by atoms with E-state index in [1.54, 1.807) is 0 Å². The fourth-order valence-electron chi connectivity index (χ4n) is 1.58. The van der Waals surface area contributed by atoms with Crippen LogP contribution in [0.15, 0.2) is 0 Å². The molecule has 3 heteroatoms. The highest BCUT2D eigenvalue weighted by Crippen LogP contribution is 2.22. The van der Waals surface area contributed by atoms with Gasteiger partial charge in [-0.3, -0.25) is 4.79 Å². The first-order valence-electron chi connectivity index (χ1n) is 5.71. The predicted octanol–water partition coefficient (Wildman–Crippen LogP) is 3.58. The second-order valence-electron chi connectivity index (χ2n) is 4.32. The zero-order valence-corrected chi connectivity index (χ0v) is 11.2. The molecule has 0 saturated heterocycles. The number of carbonyl (C=O) groups is 1. The lowest BCUT2D eigenvalue weighted by atomic mass is 10.1. The van der Waals surface area contributed by atoms with Gasteiger partial charge in [-0.05, 0) is 24.1 Å². The zero-order valence-electron chi connectivity index (χ0n) is 10.2. The summed E-state index contributed by atoms with van der Waals surface area (Å²) in [7, 11) is -1.70. The molecule has 0 aliphatic heterocycles. The molecular formula is C11H24O2Si. The lowest BCUT2D eigenvalue weighted by Crippen LogP contribution is -2.38. The third-order valence-corrected chi connectivity index (χ3v) is 7.36. The molecule has 14 heavy (non-hydrogen) atoms. The molecule has 0 aromatic rings. The van der Waals surface area contributed by atoms with Gasteiger partial charge in [0, 0.05) is 6.42 Å². The van der Waals surface area contributed by atoms with Crippen molar-refractivity contribution in [3.63, 3.8) is 0 Å². The van der Waals surface area contributed by atoms with E-state index in [9.17, 15) is 4.79 Å². The summed E-state index contributed by atoms with van der Waals surface area (Å²) in [5.74, 6) is 0.414. The minimum absolute atomic E-state index is 0.0113. The van der Waals surface area contributed by atoms with Crippen molar-refractivity contribution in [2.24, 2.45) is 5.92 Å². The van der Waals surface area contributed by atoms with Crippen LogP contribution in [0, 0.1) is 5.92 Å². The Labute approximate surface area is 89.2 Å². The molecule has 2 nitrogen and oxygen atoms in total. The summed E-state index contributed by atoms with van der Waals surface area (Å²) < 4.78 is 5.70. The Morgan fingerprint density at radius 3 is 1.86 bits per heavy atom. The number of hydrogen-bond donors (Lipinski definition) is 0. The topological polar surface area (TPSA) is 26.3 Å². The first-order chi connectivity index (χ1) is 6.49. The lowest BCUT2D eigenvalue weighted by molar-refractivity contribution is -0.136. The van der Waals surface area contributed by atoms with Crippen molar-refractivity contribution >= 4 is 14.3 Å². The van der Waals surface area contributed by atoms with E-state index < -0.39 is 8.32 Å². The van der Waals surface area contributed by atoms with Gasteiger partial charge in [0.05, 0.1) is 0 Å². The van der Waals surface area contributed by atoms with Crippen LogP contribution < -0.4 is 0 Å². The van der Waals surface area contributed by atoms with Crippen molar-refractivity contribution in [1.82, 2.24) is 0 Å². The van der Waals surface area contributed by atoms with Crippen LogP contribution in [-0.4, -0.2) is 14.3 Å². The number of rotatable bonds is 6. The Kier molecular flexibility index (Phi) is 6.08. The average molecular weight is 216 g/mol. The Morgan fingerprint density at radius 2 is 1.57 bits per heavy atom. The molecule has 84 valence electrons. The summed E-state index contributed by atoms with van der Waals surface area (Å²) in [4.78, 5) is 11.6. The van der Waals surface area contributed by atoms with Crippen LogP contribution >= 0.6 is 0 Å². The smallest absolute Gasteiger partial charge is 0.292 e. The molecule has 0 aromatic carbocycles. The normalized spacial score (nSPS) is 11.9. The van der Waals surface area contributed by atoms with E-state index in [1.165, 1.54) is 0 Å². The Hall–Kier alpha value is -0.313. The van der Waals surface area contributed by atoms with Crippen LogP contribution in [0.2, 0.25) is 18.1 Å². The average Bonchev–Trinajstić information content (AvgIpc) is 2.13. The molecule has 0 N–H and O–H groups in total. The molecule has 0 bridgehead atoms. The standard InChI is InChI=1S/C11H24O2Si/c1-6-14(7-2,8-3)13-11(12)9-10(4)5/h10H,6-9H2,1-5H3. The molecule has 0 aliphatic carbocycles. The summed E-state index contributed by atoms with van der Waals surface area (Å²) in [5, 5.41) is 0. The third kappa shape index (κ3) is 4.27. The minimum Gasteiger partial charge on any atom is -0.519 e. The van der Waals surface area contributed by atoms with Gasteiger partial charge in [0.15, 0.2) is 0 Å². The zero-order chi connectivity index (χ0) is 11.2. The molecule has 0 aliphatic rings. The van der Waals surface area contributed by atoms with Crippen molar-refractivity contribution in [3.8, 4) is 0 Å². The van der Waals surface area contributed by atoms with Crippen molar-refractivity contribution in [3.05, 3.63) is 0 Å². The highest BCUT2D eigenvalue weighted by molar-refractivity contribution is 6.74. The second kappa shape index (κ2) is 6.22. The van der Waals surface area contributed by atoms with Gasteiger partial charge in [-0.2, -0.15) is 0 Å². The van der Waals surface area contributed by atoms with Crippen molar-refractivity contribution in [2.75, 3.05) is 0 Å². The first-order valence-corrected chi connectivity index (χ1v) is 8.24. The third-order valence-electron chi connectivity index (χ3n) is 2.84. The highest BCUT2D eigenvalue weighted by Gasteiger charge is 2.32. The number of hydrogen-bond acceptors (Lipinski definition) is 2. The van der Waals surface area contributed by atoms with Crippen LogP contribution in [-0.2, 0) is 9.22 Å². The SMILES string of the molecule is CC[Si](CC)(CC)OC(=O)CC(C)C. The molecule has 0 aromatic heterocycles. The minimum atomic E-state index is -1.70. The van der Waals surface area contributed by atoms with Gasteiger partial charge in [-0.25, -0.2) is 0 Å². The Balaban J connectivity index is 4.22. The van der Waals surface area contributed by atoms with E-state index in [4.69, 9.17) is 4.43 Å². The summed E-state index contributed by atoms with van der Waals surface area (Å²) in [5.41, 5.74) is 0. The molecule has 0 fully saturated rings. The molecule has 0 unspecified atom stereocenters. The molecule has 0 heterocycles. The summed E-state index contributed by atoms with van der Waals surface area (Å²) >= 11 is 0. The van der Waals surface area contributed by atoms with Gasteiger partial charge in [0.1, 0.15) is 0 Å². The molecule has 0 amide bonds. The summed E-state index contributed by atoms with van der Waals surface area (Å²) in [6.45, 7) is 10.5. The van der Waals surface area contributed by atoms with Crippen molar-refractivity contribution in [2.45, 2.75) is 59.2 Å². The maximum absolute atomic E-state index is 11.6. The van der Waals surface area contributed by atoms with Crippen molar-refractivity contribution < 1.29 is 9.22 Å². The van der Waals surface area contributed by atoms with Crippen LogP contribution in [0.1, 0.15) is 41.0 Å². The Morgan fingerprint density at radius 1 is 1.14 bits per heavy atom. The summed E-state index contributed by atoms with van der Waals surface area (Å²) in [6.07, 6.45) is 0.564. The van der Waals surface area contributed by atoms with E-state index in [0.717, 1.165) is 18.1 Å². The van der Waals surface area contributed by atoms with Crippen LogP contribution in [0.3, 0.4) is 0 Å². The van der Waals surface area contributed by atoms with Gasteiger partial charge in [-0.1, -0.05) is 34.6 Å². The van der Waals surface area contributed by atoms with Crippen LogP contribution in [0.4, 0.5) is 0 Å². The fourth-order valence-corrected chi connectivity index (χ4v) is 4.08. The molecule has 0 saturated carbocycles.